The van der Waals surface area contributed by atoms with E-state index in [9.17, 15) is 14.0 Å². The van der Waals surface area contributed by atoms with Crippen molar-refractivity contribution >= 4 is 43.4 Å². The second-order valence-electron chi connectivity index (χ2n) is 5.16. The summed E-state index contributed by atoms with van der Waals surface area (Å²) in [6.45, 7) is 1.83. The van der Waals surface area contributed by atoms with Crippen molar-refractivity contribution in [3.63, 3.8) is 0 Å². The Labute approximate surface area is 138 Å². The SMILES string of the molecule is CCOC(=O)c1c(=O)c2ncc(F)cc2n2c1sc1ccccc12. The summed E-state index contributed by atoms with van der Waals surface area (Å²) < 4.78 is 21.3. The van der Waals surface area contributed by atoms with E-state index in [0.29, 0.717) is 10.3 Å². The van der Waals surface area contributed by atoms with Crippen molar-refractivity contribution < 1.29 is 13.9 Å². The number of fused-ring (bicyclic) bond motifs is 5. The normalized spacial score (nSPS) is 11.4. The highest BCUT2D eigenvalue weighted by atomic mass is 32.1. The molecule has 0 bridgehead atoms. The first-order valence-electron chi connectivity index (χ1n) is 7.30. The highest BCUT2D eigenvalue weighted by molar-refractivity contribution is 7.24. The molecule has 3 aromatic heterocycles. The number of thiazole rings is 1. The first-order chi connectivity index (χ1) is 11.6. The Morgan fingerprint density at radius 2 is 2.12 bits per heavy atom. The highest BCUT2D eigenvalue weighted by Gasteiger charge is 2.23. The van der Waals surface area contributed by atoms with Gasteiger partial charge in [0.05, 0.1) is 28.5 Å². The molecular formula is C17H11FN2O3S. The molecule has 4 aromatic rings. The maximum atomic E-state index is 13.7. The zero-order valence-corrected chi connectivity index (χ0v) is 13.4. The fourth-order valence-corrected chi connectivity index (χ4v) is 3.95. The fourth-order valence-electron chi connectivity index (χ4n) is 2.76. The average molecular weight is 342 g/mol. The van der Waals surface area contributed by atoms with Gasteiger partial charge in [0.1, 0.15) is 21.7 Å². The maximum absolute atomic E-state index is 13.7. The van der Waals surface area contributed by atoms with Crippen LogP contribution in [0.1, 0.15) is 17.3 Å². The van der Waals surface area contributed by atoms with Gasteiger partial charge in [-0.15, -0.1) is 11.3 Å². The van der Waals surface area contributed by atoms with Gasteiger partial charge in [0, 0.05) is 6.07 Å². The van der Waals surface area contributed by atoms with Crippen molar-refractivity contribution in [3.05, 3.63) is 58.1 Å². The molecule has 7 heteroatoms. The first kappa shape index (κ1) is 14.8. The Balaban J connectivity index is 2.30. The third-order valence-electron chi connectivity index (χ3n) is 3.73. The van der Waals surface area contributed by atoms with Crippen molar-refractivity contribution in [2.24, 2.45) is 0 Å². The quantitative estimate of drug-likeness (QED) is 0.524. The van der Waals surface area contributed by atoms with Crippen LogP contribution in [0.2, 0.25) is 0 Å². The van der Waals surface area contributed by atoms with E-state index in [1.54, 1.807) is 11.3 Å². The van der Waals surface area contributed by atoms with Crippen LogP contribution in [0.4, 0.5) is 4.39 Å². The van der Waals surface area contributed by atoms with Gasteiger partial charge in [0.25, 0.3) is 0 Å². The molecule has 0 unspecified atom stereocenters. The summed E-state index contributed by atoms with van der Waals surface area (Å²) in [6, 6.07) is 8.69. The monoisotopic (exact) mass is 342 g/mol. The molecule has 0 amide bonds. The third-order valence-corrected chi connectivity index (χ3v) is 4.87. The molecule has 0 radical (unpaired) electrons. The standard InChI is InChI=1S/C17H11FN2O3S/c1-2-23-17(22)13-15(21)14-11(7-9(18)8-19-14)20-10-5-3-4-6-12(10)24-16(13)20/h3-8H,2H2,1H3. The number of pyridine rings is 2. The maximum Gasteiger partial charge on any atom is 0.345 e. The third kappa shape index (κ3) is 2.01. The number of aromatic nitrogens is 2. The molecule has 4 rings (SSSR count). The lowest BCUT2D eigenvalue weighted by molar-refractivity contribution is 0.0527. The van der Waals surface area contributed by atoms with E-state index < -0.39 is 17.2 Å². The smallest absolute Gasteiger partial charge is 0.345 e. The predicted octanol–water partition coefficient (Wildman–Crippen LogP) is 3.38. The molecule has 120 valence electrons. The molecule has 0 spiro atoms. The van der Waals surface area contributed by atoms with Crippen LogP contribution in [-0.2, 0) is 4.74 Å². The molecule has 0 atom stereocenters. The van der Waals surface area contributed by atoms with Crippen LogP contribution >= 0.6 is 11.3 Å². The lowest BCUT2D eigenvalue weighted by Crippen LogP contribution is -2.20. The molecule has 24 heavy (non-hydrogen) atoms. The highest BCUT2D eigenvalue weighted by Crippen LogP contribution is 2.31. The van der Waals surface area contributed by atoms with Gasteiger partial charge >= 0.3 is 5.97 Å². The second-order valence-corrected chi connectivity index (χ2v) is 6.19. The summed E-state index contributed by atoms with van der Waals surface area (Å²) in [5.41, 5.74) is 0.543. The minimum absolute atomic E-state index is 0.0421. The number of carbonyl (C=O) groups is 1. The predicted molar refractivity (Wildman–Crippen MR) is 90.3 cm³/mol. The van der Waals surface area contributed by atoms with Gasteiger partial charge in [0.15, 0.2) is 0 Å². The van der Waals surface area contributed by atoms with Crippen molar-refractivity contribution in [3.8, 4) is 0 Å². The van der Waals surface area contributed by atoms with Crippen LogP contribution in [0, 0.1) is 5.82 Å². The molecule has 0 saturated heterocycles. The number of para-hydroxylation sites is 1. The van der Waals surface area contributed by atoms with Crippen LogP contribution < -0.4 is 5.43 Å². The minimum Gasteiger partial charge on any atom is -0.462 e. The Kier molecular flexibility index (Phi) is 3.31. The molecule has 0 saturated carbocycles. The lowest BCUT2D eigenvalue weighted by atomic mass is 10.2. The molecule has 1 aromatic carbocycles. The van der Waals surface area contributed by atoms with E-state index >= 15 is 0 Å². The Morgan fingerprint density at radius 1 is 1.33 bits per heavy atom. The van der Waals surface area contributed by atoms with Crippen molar-refractivity contribution in [2.75, 3.05) is 6.61 Å². The van der Waals surface area contributed by atoms with Gasteiger partial charge in [-0.2, -0.15) is 0 Å². The van der Waals surface area contributed by atoms with Crippen LogP contribution in [-0.4, -0.2) is 22.0 Å². The Hall–Kier alpha value is -2.80. The fraction of sp³-hybridized carbons (Fsp3) is 0.118. The number of esters is 1. The number of rotatable bonds is 2. The average Bonchev–Trinajstić information content (AvgIpc) is 2.94. The molecule has 5 nitrogen and oxygen atoms in total. The van der Waals surface area contributed by atoms with Crippen molar-refractivity contribution in [2.45, 2.75) is 6.92 Å². The van der Waals surface area contributed by atoms with Crippen LogP contribution in [0.3, 0.4) is 0 Å². The van der Waals surface area contributed by atoms with E-state index in [-0.39, 0.29) is 17.7 Å². The van der Waals surface area contributed by atoms with E-state index in [0.717, 1.165) is 16.4 Å². The van der Waals surface area contributed by atoms with Gasteiger partial charge in [-0.3, -0.25) is 9.20 Å². The zero-order valence-electron chi connectivity index (χ0n) is 12.6. The summed E-state index contributed by atoms with van der Waals surface area (Å²) in [6.07, 6.45) is 0.972. The first-order valence-corrected chi connectivity index (χ1v) is 8.12. The van der Waals surface area contributed by atoms with Gasteiger partial charge in [-0.25, -0.2) is 14.2 Å². The molecule has 0 aliphatic rings. The van der Waals surface area contributed by atoms with Crippen LogP contribution in [0.15, 0.2) is 41.3 Å². The van der Waals surface area contributed by atoms with Crippen molar-refractivity contribution in [1.82, 2.24) is 9.38 Å². The summed E-state index contributed by atoms with van der Waals surface area (Å²) >= 11 is 1.29. The Morgan fingerprint density at radius 3 is 2.92 bits per heavy atom. The number of carbonyl (C=O) groups excluding carboxylic acids is 1. The molecule has 0 fully saturated rings. The van der Waals surface area contributed by atoms with E-state index in [4.69, 9.17) is 4.74 Å². The summed E-state index contributed by atoms with van der Waals surface area (Å²) in [4.78, 5) is 29.4. The number of hydrogen-bond acceptors (Lipinski definition) is 5. The van der Waals surface area contributed by atoms with Crippen molar-refractivity contribution in [1.29, 1.82) is 0 Å². The number of benzene rings is 1. The largest absolute Gasteiger partial charge is 0.462 e. The van der Waals surface area contributed by atoms with Gasteiger partial charge in [0.2, 0.25) is 5.43 Å². The molecule has 0 aliphatic heterocycles. The molecular weight excluding hydrogens is 331 g/mol. The van der Waals surface area contributed by atoms with Gasteiger partial charge in [-0.05, 0) is 19.1 Å². The summed E-state index contributed by atoms with van der Waals surface area (Å²) in [5.74, 6) is -1.24. The van der Waals surface area contributed by atoms with Crippen LogP contribution in [0.25, 0.3) is 26.1 Å². The lowest BCUT2D eigenvalue weighted by Gasteiger charge is -2.07. The van der Waals surface area contributed by atoms with E-state index in [2.05, 4.69) is 4.98 Å². The van der Waals surface area contributed by atoms with Gasteiger partial charge in [-0.1, -0.05) is 12.1 Å². The summed E-state index contributed by atoms with van der Waals surface area (Å²) in [5, 5.41) is 0. The molecule has 3 heterocycles. The molecule has 0 N–H and O–H groups in total. The zero-order chi connectivity index (χ0) is 16.8. The number of nitrogens with zero attached hydrogens (tertiary/aromatic N) is 2. The van der Waals surface area contributed by atoms with Gasteiger partial charge < -0.3 is 4.74 Å². The van der Waals surface area contributed by atoms with E-state index in [1.165, 1.54) is 17.4 Å². The summed E-state index contributed by atoms with van der Waals surface area (Å²) in [7, 11) is 0. The number of hydrogen-bond donors (Lipinski definition) is 0. The van der Waals surface area contributed by atoms with E-state index in [1.807, 2.05) is 24.3 Å². The Bertz CT molecular complexity index is 1180. The number of halogens is 1. The topological polar surface area (TPSA) is 60.7 Å². The minimum atomic E-state index is -0.695. The van der Waals surface area contributed by atoms with Crippen LogP contribution in [0.5, 0.6) is 0 Å². The second kappa shape index (κ2) is 5.38. The molecule has 0 aliphatic carbocycles. The number of ether oxygens (including phenoxy) is 1.